The molecule has 0 radical (unpaired) electrons. The van der Waals surface area contributed by atoms with Gasteiger partial charge in [-0.15, -0.1) is 0 Å². The third kappa shape index (κ3) is 2.48. The van der Waals surface area contributed by atoms with Gasteiger partial charge in [-0.25, -0.2) is 0 Å². The molecule has 2 heteroatoms. The van der Waals surface area contributed by atoms with E-state index < -0.39 is 0 Å². The first-order valence-corrected chi connectivity index (χ1v) is 5.09. The second-order valence-corrected chi connectivity index (χ2v) is 3.84. The largest absolute Gasteiger partial charge is 0.392 e. The van der Waals surface area contributed by atoms with E-state index >= 15 is 0 Å². The van der Waals surface area contributed by atoms with Gasteiger partial charge in [0.1, 0.15) is 0 Å². The fraction of sp³-hybridized carbons (Fsp3) is 0.231. The summed E-state index contributed by atoms with van der Waals surface area (Å²) in [7, 11) is 0. The molecular weight excluding hydrogens is 186 g/mol. The molecule has 0 fully saturated rings. The first kappa shape index (κ1) is 9.99. The molecule has 2 rings (SSSR count). The summed E-state index contributed by atoms with van der Waals surface area (Å²) in [5.41, 5.74) is 3.52. The number of aromatic nitrogens is 1. The molecule has 15 heavy (non-hydrogen) atoms. The van der Waals surface area contributed by atoms with Crippen LogP contribution in [-0.2, 0) is 13.2 Å². The molecule has 2 aromatic rings. The second-order valence-electron chi connectivity index (χ2n) is 3.84. The van der Waals surface area contributed by atoms with E-state index in [0.717, 1.165) is 12.1 Å². The van der Waals surface area contributed by atoms with Gasteiger partial charge in [-0.1, -0.05) is 29.8 Å². The van der Waals surface area contributed by atoms with E-state index in [1.54, 1.807) is 0 Å². The van der Waals surface area contributed by atoms with Crippen molar-refractivity contribution in [2.24, 2.45) is 0 Å². The number of aryl methyl sites for hydroxylation is 1. The van der Waals surface area contributed by atoms with Gasteiger partial charge >= 0.3 is 0 Å². The fourth-order valence-electron chi connectivity index (χ4n) is 1.59. The molecule has 0 saturated carbocycles. The molecule has 0 aliphatic rings. The van der Waals surface area contributed by atoms with Crippen LogP contribution in [0.5, 0.6) is 0 Å². The Hall–Kier alpha value is -1.54. The highest BCUT2D eigenvalue weighted by Crippen LogP contribution is 2.07. The summed E-state index contributed by atoms with van der Waals surface area (Å²) >= 11 is 0. The van der Waals surface area contributed by atoms with Crippen LogP contribution in [-0.4, -0.2) is 9.67 Å². The number of aliphatic hydroxyl groups is 1. The smallest absolute Gasteiger partial charge is 0.0696 e. The Morgan fingerprint density at radius 1 is 1.07 bits per heavy atom. The quantitative estimate of drug-likeness (QED) is 0.810. The third-order valence-electron chi connectivity index (χ3n) is 2.48. The van der Waals surface area contributed by atoms with Crippen molar-refractivity contribution in [3.63, 3.8) is 0 Å². The summed E-state index contributed by atoms with van der Waals surface area (Å²) in [6.45, 7) is 3.06. The zero-order valence-corrected chi connectivity index (χ0v) is 8.85. The molecule has 0 aliphatic heterocycles. The van der Waals surface area contributed by atoms with Crippen LogP contribution in [0.1, 0.15) is 16.7 Å². The molecule has 1 N–H and O–H groups in total. The van der Waals surface area contributed by atoms with Crippen molar-refractivity contribution in [2.75, 3.05) is 0 Å². The molecule has 1 aromatic heterocycles. The molecule has 1 heterocycles. The molecule has 1 aromatic carbocycles. The molecule has 0 atom stereocenters. The van der Waals surface area contributed by atoms with Crippen molar-refractivity contribution in [3.05, 3.63) is 59.4 Å². The van der Waals surface area contributed by atoms with Gasteiger partial charge in [0.15, 0.2) is 0 Å². The summed E-state index contributed by atoms with van der Waals surface area (Å²) in [5.74, 6) is 0. The SMILES string of the molecule is Cc1ccc(Cn2ccc(CO)c2)cc1. The Labute approximate surface area is 89.8 Å². The molecule has 0 spiro atoms. The summed E-state index contributed by atoms with van der Waals surface area (Å²) in [5, 5.41) is 8.94. The van der Waals surface area contributed by atoms with Crippen LogP contribution in [0.15, 0.2) is 42.7 Å². The molecule has 0 bridgehead atoms. The normalized spacial score (nSPS) is 10.5. The van der Waals surface area contributed by atoms with Gasteiger partial charge in [0, 0.05) is 18.9 Å². The van der Waals surface area contributed by atoms with Gasteiger partial charge in [-0.05, 0) is 24.1 Å². The first-order chi connectivity index (χ1) is 7.28. The predicted molar refractivity (Wildman–Crippen MR) is 60.6 cm³/mol. The lowest BCUT2D eigenvalue weighted by Gasteiger charge is -2.03. The highest BCUT2D eigenvalue weighted by atomic mass is 16.3. The van der Waals surface area contributed by atoms with Crippen molar-refractivity contribution in [2.45, 2.75) is 20.1 Å². The van der Waals surface area contributed by atoms with Crippen LogP contribution in [0.3, 0.4) is 0 Å². The first-order valence-electron chi connectivity index (χ1n) is 5.09. The van der Waals surface area contributed by atoms with Crippen LogP contribution in [0.25, 0.3) is 0 Å². The Bertz CT molecular complexity index is 428. The molecule has 0 amide bonds. The summed E-state index contributed by atoms with van der Waals surface area (Å²) < 4.78 is 2.08. The standard InChI is InChI=1S/C13H15NO/c1-11-2-4-12(5-3-11)8-14-7-6-13(9-14)10-15/h2-7,9,15H,8,10H2,1H3. The zero-order valence-electron chi connectivity index (χ0n) is 8.85. The van der Waals surface area contributed by atoms with Crippen LogP contribution in [0, 0.1) is 6.92 Å². The maximum atomic E-state index is 8.94. The van der Waals surface area contributed by atoms with Crippen molar-refractivity contribution in [3.8, 4) is 0 Å². The molecular formula is C13H15NO. The summed E-state index contributed by atoms with van der Waals surface area (Å²) in [6.07, 6.45) is 3.96. The maximum Gasteiger partial charge on any atom is 0.0696 e. The maximum absolute atomic E-state index is 8.94. The van der Waals surface area contributed by atoms with Gasteiger partial charge < -0.3 is 9.67 Å². The summed E-state index contributed by atoms with van der Waals surface area (Å²) in [6, 6.07) is 10.4. The van der Waals surface area contributed by atoms with Crippen LogP contribution < -0.4 is 0 Å². The molecule has 2 nitrogen and oxygen atoms in total. The van der Waals surface area contributed by atoms with Crippen LogP contribution in [0.4, 0.5) is 0 Å². The van der Waals surface area contributed by atoms with E-state index in [4.69, 9.17) is 5.11 Å². The number of hydrogen-bond acceptors (Lipinski definition) is 1. The topological polar surface area (TPSA) is 25.2 Å². The Morgan fingerprint density at radius 3 is 2.40 bits per heavy atom. The number of hydrogen-bond donors (Lipinski definition) is 1. The Morgan fingerprint density at radius 2 is 1.80 bits per heavy atom. The van der Waals surface area contributed by atoms with Crippen molar-refractivity contribution in [1.82, 2.24) is 4.57 Å². The lowest BCUT2D eigenvalue weighted by molar-refractivity contribution is 0.282. The number of nitrogens with zero attached hydrogens (tertiary/aromatic N) is 1. The Balaban J connectivity index is 2.11. The number of aliphatic hydroxyl groups excluding tert-OH is 1. The van der Waals surface area contributed by atoms with E-state index in [1.807, 2.05) is 18.5 Å². The fourth-order valence-corrected chi connectivity index (χ4v) is 1.59. The van der Waals surface area contributed by atoms with Gasteiger partial charge in [0.25, 0.3) is 0 Å². The van der Waals surface area contributed by atoms with Crippen molar-refractivity contribution >= 4 is 0 Å². The lowest BCUT2D eigenvalue weighted by atomic mass is 10.1. The lowest BCUT2D eigenvalue weighted by Crippen LogP contribution is -1.96. The van der Waals surface area contributed by atoms with E-state index in [9.17, 15) is 0 Å². The summed E-state index contributed by atoms with van der Waals surface area (Å²) in [4.78, 5) is 0. The highest BCUT2D eigenvalue weighted by Gasteiger charge is 1.96. The zero-order chi connectivity index (χ0) is 10.7. The van der Waals surface area contributed by atoms with Crippen molar-refractivity contribution in [1.29, 1.82) is 0 Å². The van der Waals surface area contributed by atoms with Gasteiger partial charge in [0.05, 0.1) is 6.61 Å². The van der Waals surface area contributed by atoms with Crippen LogP contribution in [0.2, 0.25) is 0 Å². The molecule has 78 valence electrons. The molecule has 0 saturated heterocycles. The van der Waals surface area contributed by atoms with E-state index in [0.29, 0.717) is 0 Å². The average Bonchev–Trinajstić information content (AvgIpc) is 2.69. The Kier molecular flexibility index (Phi) is 2.88. The minimum absolute atomic E-state index is 0.112. The van der Waals surface area contributed by atoms with Crippen LogP contribution >= 0.6 is 0 Å². The highest BCUT2D eigenvalue weighted by molar-refractivity contribution is 5.22. The minimum Gasteiger partial charge on any atom is -0.392 e. The predicted octanol–water partition coefficient (Wildman–Crippen LogP) is 2.34. The monoisotopic (exact) mass is 201 g/mol. The number of benzene rings is 1. The van der Waals surface area contributed by atoms with E-state index in [1.165, 1.54) is 11.1 Å². The molecule has 0 aliphatic carbocycles. The van der Waals surface area contributed by atoms with Crippen molar-refractivity contribution < 1.29 is 5.11 Å². The van der Waals surface area contributed by atoms with Gasteiger partial charge in [-0.2, -0.15) is 0 Å². The van der Waals surface area contributed by atoms with Gasteiger partial charge in [-0.3, -0.25) is 0 Å². The average molecular weight is 201 g/mol. The van der Waals surface area contributed by atoms with E-state index in [2.05, 4.69) is 35.8 Å². The third-order valence-corrected chi connectivity index (χ3v) is 2.48. The number of rotatable bonds is 3. The minimum atomic E-state index is 0.112. The second kappa shape index (κ2) is 4.32. The van der Waals surface area contributed by atoms with Gasteiger partial charge in [0.2, 0.25) is 0 Å². The van der Waals surface area contributed by atoms with E-state index in [-0.39, 0.29) is 6.61 Å². The molecule has 0 unspecified atom stereocenters.